The summed E-state index contributed by atoms with van der Waals surface area (Å²) in [5.74, 6) is -0.0661. The summed E-state index contributed by atoms with van der Waals surface area (Å²) in [6, 6.07) is 14.1. The van der Waals surface area contributed by atoms with E-state index < -0.39 is 0 Å². The molecule has 1 N–H and O–H groups in total. The van der Waals surface area contributed by atoms with Gasteiger partial charge in [0.25, 0.3) is 5.91 Å². The van der Waals surface area contributed by atoms with Crippen molar-refractivity contribution < 1.29 is 9.59 Å². The zero-order chi connectivity index (χ0) is 22.7. The van der Waals surface area contributed by atoms with Crippen LogP contribution in [0.5, 0.6) is 0 Å². The Bertz CT molecular complexity index is 1090. The Morgan fingerprint density at radius 3 is 2.28 bits per heavy atom. The summed E-state index contributed by atoms with van der Waals surface area (Å²) < 4.78 is 0. The monoisotopic (exact) mass is 448 g/mol. The summed E-state index contributed by atoms with van der Waals surface area (Å²) in [6.07, 6.45) is 0. The van der Waals surface area contributed by atoms with E-state index in [0.717, 1.165) is 27.4 Å². The van der Waals surface area contributed by atoms with Gasteiger partial charge in [-0.15, -0.1) is 11.3 Å². The average Bonchev–Trinajstić information content (AvgIpc) is 3.27. The number of carbonyl (C=O) groups is 2. The number of nitrogens with one attached hydrogen (secondary N) is 1. The van der Waals surface area contributed by atoms with Crippen LogP contribution in [-0.2, 0) is 4.79 Å². The van der Waals surface area contributed by atoms with E-state index in [0.29, 0.717) is 38.4 Å². The van der Waals surface area contributed by atoms with Gasteiger partial charge >= 0.3 is 0 Å². The molecule has 0 radical (unpaired) electrons. The Morgan fingerprint density at radius 2 is 1.62 bits per heavy atom. The Hall–Kier alpha value is -3.03. The van der Waals surface area contributed by atoms with E-state index in [1.54, 1.807) is 0 Å². The smallest absolute Gasteiger partial charge is 0.273 e. The summed E-state index contributed by atoms with van der Waals surface area (Å²) in [5.41, 5.74) is 5.72. The number of para-hydroxylation sites is 1. The van der Waals surface area contributed by atoms with Gasteiger partial charge in [-0.05, 0) is 31.9 Å². The van der Waals surface area contributed by atoms with Crippen LogP contribution in [0.2, 0.25) is 0 Å². The molecule has 0 bridgehead atoms. The molecule has 2 aromatic carbocycles. The van der Waals surface area contributed by atoms with Crippen LogP contribution in [0.1, 0.15) is 27.2 Å². The van der Waals surface area contributed by atoms with Crippen molar-refractivity contribution in [2.24, 2.45) is 0 Å². The molecule has 6 nitrogen and oxygen atoms in total. The molecule has 1 fully saturated rings. The number of piperazine rings is 1. The molecule has 0 saturated carbocycles. The molecule has 2 amide bonds. The highest BCUT2D eigenvalue weighted by Gasteiger charge is 2.25. The van der Waals surface area contributed by atoms with E-state index in [-0.39, 0.29) is 11.8 Å². The van der Waals surface area contributed by atoms with Crippen LogP contribution in [0.15, 0.2) is 47.8 Å². The molecule has 166 valence electrons. The van der Waals surface area contributed by atoms with Gasteiger partial charge in [0.1, 0.15) is 10.7 Å². The number of rotatable bonds is 5. The van der Waals surface area contributed by atoms with E-state index in [1.165, 1.54) is 16.9 Å². The number of carbonyl (C=O) groups excluding carboxylic acids is 2. The topological polar surface area (TPSA) is 65.5 Å². The molecule has 4 rings (SSSR count). The molecule has 2 heterocycles. The number of nitrogens with zero attached hydrogens (tertiary/aromatic N) is 3. The molecule has 0 unspecified atom stereocenters. The van der Waals surface area contributed by atoms with Crippen molar-refractivity contribution >= 4 is 28.8 Å². The van der Waals surface area contributed by atoms with Crippen molar-refractivity contribution in [3.8, 4) is 10.6 Å². The van der Waals surface area contributed by atoms with Crippen molar-refractivity contribution in [1.29, 1.82) is 0 Å². The minimum atomic E-state index is -0.0424. The SMILES string of the molecule is Cc1ccc(-c2nc(C(=O)N3CCN(CC(=O)Nc4c(C)cccc4C)CC3)cs2)cc1. The van der Waals surface area contributed by atoms with Gasteiger partial charge in [0.05, 0.1) is 6.54 Å². The second-order valence-electron chi connectivity index (χ2n) is 8.29. The van der Waals surface area contributed by atoms with Crippen LogP contribution < -0.4 is 5.32 Å². The largest absolute Gasteiger partial charge is 0.335 e. The van der Waals surface area contributed by atoms with Crippen molar-refractivity contribution in [3.05, 3.63) is 70.2 Å². The fourth-order valence-electron chi connectivity index (χ4n) is 3.87. The molecule has 0 atom stereocenters. The van der Waals surface area contributed by atoms with Gasteiger partial charge in [-0.3, -0.25) is 14.5 Å². The van der Waals surface area contributed by atoms with Crippen molar-refractivity contribution in [2.75, 3.05) is 38.0 Å². The van der Waals surface area contributed by atoms with Crippen LogP contribution >= 0.6 is 11.3 Å². The van der Waals surface area contributed by atoms with Gasteiger partial charge in [-0.1, -0.05) is 48.0 Å². The van der Waals surface area contributed by atoms with E-state index in [4.69, 9.17) is 0 Å². The van der Waals surface area contributed by atoms with E-state index in [1.807, 2.05) is 73.5 Å². The number of hydrogen-bond acceptors (Lipinski definition) is 5. The zero-order valence-corrected chi connectivity index (χ0v) is 19.5. The summed E-state index contributed by atoms with van der Waals surface area (Å²) >= 11 is 1.49. The maximum absolute atomic E-state index is 12.9. The molecule has 3 aromatic rings. The molecular formula is C25H28N4O2S. The first-order valence-electron chi connectivity index (χ1n) is 10.8. The van der Waals surface area contributed by atoms with Gasteiger partial charge in [-0.25, -0.2) is 4.98 Å². The summed E-state index contributed by atoms with van der Waals surface area (Å²) in [7, 11) is 0. The third-order valence-electron chi connectivity index (χ3n) is 5.79. The highest BCUT2D eigenvalue weighted by molar-refractivity contribution is 7.13. The fraction of sp³-hybridized carbons (Fsp3) is 0.320. The molecule has 1 aliphatic rings. The second-order valence-corrected chi connectivity index (χ2v) is 9.15. The number of aryl methyl sites for hydroxylation is 3. The Labute approximate surface area is 192 Å². The van der Waals surface area contributed by atoms with Crippen LogP contribution in [0, 0.1) is 20.8 Å². The van der Waals surface area contributed by atoms with Gasteiger partial charge in [0, 0.05) is 42.8 Å². The first-order valence-corrected chi connectivity index (χ1v) is 11.7. The first-order chi connectivity index (χ1) is 15.4. The van der Waals surface area contributed by atoms with Crippen LogP contribution in [0.25, 0.3) is 10.6 Å². The molecule has 1 aromatic heterocycles. The van der Waals surface area contributed by atoms with E-state index >= 15 is 0 Å². The normalized spacial score (nSPS) is 14.4. The van der Waals surface area contributed by atoms with Gasteiger partial charge in [0.2, 0.25) is 5.91 Å². The second kappa shape index (κ2) is 9.63. The maximum Gasteiger partial charge on any atom is 0.273 e. The molecule has 32 heavy (non-hydrogen) atoms. The standard InChI is InChI=1S/C25H28N4O2S/c1-17-7-9-20(10-8-17)24-26-21(16-32-24)25(31)29-13-11-28(12-14-29)15-22(30)27-23-18(2)5-4-6-19(23)3/h4-10,16H,11-15H2,1-3H3,(H,27,30). The lowest BCUT2D eigenvalue weighted by molar-refractivity contribution is -0.117. The third-order valence-corrected chi connectivity index (χ3v) is 6.69. The highest BCUT2D eigenvalue weighted by atomic mass is 32.1. The average molecular weight is 449 g/mol. The van der Waals surface area contributed by atoms with E-state index in [2.05, 4.69) is 15.2 Å². The Kier molecular flexibility index (Phi) is 6.67. The van der Waals surface area contributed by atoms with Crippen LogP contribution in [0.3, 0.4) is 0 Å². The number of anilines is 1. The minimum Gasteiger partial charge on any atom is -0.335 e. The van der Waals surface area contributed by atoms with Gasteiger partial charge in [0.15, 0.2) is 0 Å². The van der Waals surface area contributed by atoms with Crippen LogP contribution in [0.4, 0.5) is 5.69 Å². The Balaban J connectivity index is 1.30. The lowest BCUT2D eigenvalue weighted by Gasteiger charge is -2.34. The molecule has 1 saturated heterocycles. The molecule has 0 aliphatic carbocycles. The fourth-order valence-corrected chi connectivity index (χ4v) is 4.67. The summed E-state index contributed by atoms with van der Waals surface area (Å²) in [6.45, 7) is 8.88. The predicted octanol–water partition coefficient (Wildman–Crippen LogP) is 4.13. The van der Waals surface area contributed by atoms with E-state index in [9.17, 15) is 9.59 Å². The lowest BCUT2D eigenvalue weighted by atomic mass is 10.1. The molecule has 7 heteroatoms. The summed E-state index contributed by atoms with van der Waals surface area (Å²) in [5, 5.41) is 5.73. The first kappa shape index (κ1) is 22.2. The molecular weight excluding hydrogens is 420 g/mol. The number of benzene rings is 2. The molecule has 1 aliphatic heterocycles. The minimum absolute atomic E-state index is 0.0237. The Morgan fingerprint density at radius 1 is 0.969 bits per heavy atom. The quantitative estimate of drug-likeness (QED) is 0.637. The number of thiazole rings is 1. The van der Waals surface area contributed by atoms with Crippen molar-refractivity contribution in [1.82, 2.24) is 14.8 Å². The number of aromatic nitrogens is 1. The predicted molar refractivity (Wildman–Crippen MR) is 129 cm³/mol. The third kappa shape index (κ3) is 5.06. The van der Waals surface area contributed by atoms with Crippen molar-refractivity contribution in [3.63, 3.8) is 0 Å². The van der Waals surface area contributed by atoms with Crippen molar-refractivity contribution in [2.45, 2.75) is 20.8 Å². The molecule has 0 spiro atoms. The lowest BCUT2D eigenvalue weighted by Crippen LogP contribution is -2.50. The summed E-state index contributed by atoms with van der Waals surface area (Å²) in [4.78, 5) is 33.9. The number of hydrogen-bond donors (Lipinski definition) is 1. The van der Waals surface area contributed by atoms with Gasteiger partial charge < -0.3 is 10.2 Å². The zero-order valence-electron chi connectivity index (χ0n) is 18.7. The van der Waals surface area contributed by atoms with Gasteiger partial charge in [-0.2, -0.15) is 0 Å². The number of amides is 2. The highest BCUT2D eigenvalue weighted by Crippen LogP contribution is 2.25. The van der Waals surface area contributed by atoms with Crippen LogP contribution in [-0.4, -0.2) is 59.3 Å². The maximum atomic E-state index is 12.9.